The van der Waals surface area contributed by atoms with Crippen LogP contribution < -0.4 is 5.32 Å². The highest BCUT2D eigenvalue weighted by Gasteiger charge is 2.09. The summed E-state index contributed by atoms with van der Waals surface area (Å²) in [5.41, 5.74) is 2.62. The van der Waals surface area contributed by atoms with Crippen LogP contribution in [0.2, 0.25) is 0 Å². The van der Waals surface area contributed by atoms with Crippen molar-refractivity contribution < 1.29 is 9.72 Å². The normalized spacial score (nSPS) is 11.1. The molecule has 1 amide bonds. The molecule has 0 aliphatic rings. The fraction of sp³-hybridized carbons (Fsp3) is 0.286. The maximum absolute atomic E-state index is 12.0. The summed E-state index contributed by atoms with van der Waals surface area (Å²) in [5.74, 6) is -0.291. The molecule has 0 saturated heterocycles. The lowest BCUT2D eigenvalue weighted by molar-refractivity contribution is -0.385. The van der Waals surface area contributed by atoms with Crippen LogP contribution in [0.25, 0.3) is 6.08 Å². The average Bonchev–Trinajstić information content (AvgIpc) is 2.69. The van der Waals surface area contributed by atoms with Gasteiger partial charge in [-0.05, 0) is 36.4 Å². The van der Waals surface area contributed by atoms with Crippen LogP contribution in [0, 0.1) is 10.1 Å². The first-order valence-corrected chi connectivity index (χ1v) is 9.03. The minimum absolute atomic E-state index is 0.0228. The van der Waals surface area contributed by atoms with Crippen molar-refractivity contribution in [3.63, 3.8) is 0 Å². The van der Waals surface area contributed by atoms with Gasteiger partial charge in [-0.2, -0.15) is 0 Å². The number of hydrogen-bond acceptors (Lipinski definition) is 4. The number of amides is 1. The van der Waals surface area contributed by atoms with Crippen LogP contribution in [-0.2, 0) is 17.9 Å². The van der Waals surface area contributed by atoms with Crippen molar-refractivity contribution >= 4 is 17.7 Å². The fourth-order valence-corrected chi connectivity index (χ4v) is 2.68. The van der Waals surface area contributed by atoms with E-state index in [0.29, 0.717) is 12.1 Å². The van der Waals surface area contributed by atoms with Crippen LogP contribution in [0.4, 0.5) is 5.69 Å². The predicted molar refractivity (Wildman–Crippen MR) is 107 cm³/mol. The SMILES string of the molecule is CCN(CC)Cc1ccc(CNC(=O)/C=C/c2ccccc2[N+](=O)[O-])cc1. The molecule has 0 aliphatic carbocycles. The van der Waals surface area contributed by atoms with E-state index in [2.05, 4.69) is 36.2 Å². The van der Waals surface area contributed by atoms with Crippen LogP contribution in [0.3, 0.4) is 0 Å². The molecule has 0 heterocycles. The first-order valence-electron chi connectivity index (χ1n) is 9.03. The van der Waals surface area contributed by atoms with Crippen molar-refractivity contribution in [1.82, 2.24) is 10.2 Å². The maximum Gasteiger partial charge on any atom is 0.276 e. The quantitative estimate of drug-likeness (QED) is 0.416. The summed E-state index contributed by atoms with van der Waals surface area (Å²) in [4.78, 5) is 24.8. The average molecular weight is 367 g/mol. The van der Waals surface area contributed by atoms with Gasteiger partial charge in [0.1, 0.15) is 0 Å². The van der Waals surface area contributed by atoms with E-state index in [1.165, 1.54) is 23.8 Å². The summed E-state index contributed by atoms with van der Waals surface area (Å²) in [6, 6.07) is 14.5. The molecule has 0 spiro atoms. The zero-order valence-corrected chi connectivity index (χ0v) is 15.7. The van der Waals surface area contributed by atoms with E-state index in [1.54, 1.807) is 18.2 Å². The Labute approximate surface area is 159 Å². The minimum atomic E-state index is -0.461. The van der Waals surface area contributed by atoms with Gasteiger partial charge in [-0.25, -0.2) is 0 Å². The minimum Gasteiger partial charge on any atom is -0.348 e. The van der Waals surface area contributed by atoms with E-state index in [-0.39, 0.29) is 11.6 Å². The van der Waals surface area contributed by atoms with Gasteiger partial charge >= 0.3 is 0 Å². The van der Waals surface area contributed by atoms with Gasteiger partial charge in [-0.1, -0.05) is 50.2 Å². The van der Waals surface area contributed by atoms with Crippen molar-refractivity contribution in [3.8, 4) is 0 Å². The summed E-state index contributed by atoms with van der Waals surface area (Å²) >= 11 is 0. The second-order valence-electron chi connectivity index (χ2n) is 6.14. The summed E-state index contributed by atoms with van der Waals surface area (Å²) in [7, 11) is 0. The Morgan fingerprint density at radius 1 is 1.07 bits per heavy atom. The van der Waals surface area contributed by atoms with Crippen molar-refractivity contribution in [2.75, 3.05) is 13.1 Å². The highest BCUT2D eigenvalue weighted by atomic mass is 16.6. The summed E-state index contributed by atoms with van der Waals surface area (Å²) < 4.78 is 0. The van der Waals surface area contributed by atoms with Crippen LogP contribution in [0.15, 0.2) is 54.6 Å². The van der Waals surface area contributed by atoms with Gasteiger partial charge in [0.15, 0.2) is 0 Å². The second kappa shape index (κ2) is 10.2. The Bertz CT molecular complexity index is 797. The Hall–Kier alpha value is -2.99. The van der Waals surface area contributed by atoms with Crippen LogP contribution in [0.5, 0.6) is 0 Å². The lowest BCUT2D eigenvalue weighted by Gasteiger charge is -2.18. The number of para-hydroxylation sites is 1. The molecule has 142 valence electrons. The molecule has 0 radical (unpaired) electrons. The summed E-state index contributed by atoms with van der Waals surface area (Å²) in [6.07, 6.45) is 2.78. The molecule has 6 heteroatoms. The van der Waals surface area contributed by atoms with Gasteiger partial charge in [0.05, 0.1) is 10.5 Å². The lowest BCUT2D eigenvalue weighted by Crippen LogP contribution is -2.22. The zero-order valence-electron chi connectivity index (χ0n) is 15.7. The van der Waals surface area contributed by atoms with Gasteiger partial charge in [0.25, 0.3) is 5.69 Å². The van der Waals surface area contributed by atoms with Gasteiger partial charge in [0, 0.05) is 25.2 Å². The maximum atomic E-state index is 12.0. The Balaban J connectivity index is 1.89. The van der Waals surface area contributed by atoms with Gasteiger partial charge in [-0.3, -0.25) is 19.8 Å². The predicted octanol–water partition coefficient (Wildman–Crippen LogP) is 3.77. The third kappa shape index (κ3) is 6.34. The first-order chi connectivity index (χ1) is 13.0. The van der Waals surface area contributed by atoms with Gasteiger partial charge in [0.2, 0.25) is 5.91 Å². The van der Waals surface area contributed by atoms with Crippen LogP contribution in [-0.4, -0.2) is 28.8 Å². The third-order valence-electron chi connectivity index (χ3n) is 4.34. The molecule has 2 rings (SSSR count). The monoisotopic (exact) mass is 367 g/mol. The Kier molecular flexibility index (Phi) is 7.70. The largest absolute Gasteiger partial charge is 0.348 e. The van der Waals surface area contributed by atoms with E-state index in [0.717, 1.165) is 25.2 Å². The topological polar surface area (TPSA) is 75.5 Å². The van der Waals surface area contributed by atoms with Crippen molar-refractivity contribution in [2.24, 2.45) is 0 Å². The number of nitrogens with zero attached hydrogens (tertiary/aromatic N) is 2. The molecule has 6 nitrogen and oxygen atoms in total. The number of carbonyl (C=O) groups excluding carboxylic acids is 1. The standard InChI is InChI=1S/C21H25N3O3/c1-3-23(4-2)16-18-11-9-17(10-12-18)15-22-21(25)14-13-19-7-5-6-8-20(19)24(26)27/h5-14H,3-4,15-16H2,1-2H3,(H,22,25)/b14-13+. The fourth-order valence-electron chi connectivity index (χ4n) is 2.68. The van der Waals surface area contributed by atoms with E-state index < -0.39 is 4.92 Å². The molecule has 0 saturated carbocycles. The van der Waals surface area contributed by atoms with E-state index in [9.17, 15) is 14.9 Å². The van der Waals surface area contributed by atoms with Crippen molar-refractivity contribution in [2.45, 2.75) is 26.9 Å². The number of rotatable bonds is 9. The molecular formula is C21H25N3O3. The van der Waals surface area contributed by atoms with Crippen molar-refractivity contribution in [3.05, 3.63) is 81.4 Å². The summed E-state index contributed by atoms with van der Waals surface area (Å²) in [6.45, 7) is 7.64. The molecule has 0 aromatic heterocycles. The third-order valence-corrected chi connectivity index (χ3v) is 4.34. The molecule has 0 unspecified atom stereocenters. The number of hydrogen-bond donors (Lipinski definition) is 1. The molecule has 0 aliphatic heterocycles. The number of carbonyl (C=O) groups is 1. The highest BCUT2D eigenvalue weighted by molar-refractivity contribution is 5.92. The highest BCUT2D eigenvalue weighted by Crippen LogP contribution is 2.18. The summed E-state index contributed by atoms with van der Waals surface area (Å²) in [5, 5.41) is 13.8. The molecule has 2 aromatic carbocycles. The Morgan fingerprint density at radius 3 is 2.33 bits per heavy atom. The Morgan fingerprint density at radius 2 is 1.70 bits per heavy atom. The molecule has 27 heavy (non-hydrogen) atoms. The van der Waals surface area contributed by atoms with E-state index >= 15 is 0 Å². The van der Waals surface area contributed by atoms with Gasteiger partial charge in [-0.15, -0.1) is 0 Å². The van der Waals surface area contributed by atoms with E-state index in [1.807, 2.05) is 12.1 Å². The molecule has 0 bridgehead atoms. The van der Waals surface area contributed by atoms with E-state index in [4.69, 9.17) is 0 Å². The number of nitrogens with one attached hydrogen (secondary N) is 1. The number of nitro benzene ring substituents is 1. The zero-order chi connectivity index (χ0) is 19.6. The molecule has 1 N–H and O–H groups in total. The lowest BCUT2D eigenvalue weighted by atomic mass is 10.1. The second-order valence-corrected chi connectivity index (χ2v) is 6.14. The van der Waals surface area contributed by atoms with Crippen LogP contribution in [0.1, 0.15) is 30.5 Å². The smallest absolute Gasteiger partial charge is 0.276 e. The van der Waals surface area contributed by atoms with Crippen LogP contribution >= 0.6 is 0 Å². The number of benzene rings is 2. The van der Waals surface area contributed by atoms with Gasteiger partial charge < -0.3 is 5.32 Å². The molecular weight excluding hydrogens is 342 g/mol. The molecule has 0 atom stereocenters. The van der Waals surface area contributed by atoms with Crippen molar-refractivity contribution in [1.29, 1.82) is 0 Å². The molecule has 2 aromatic rings. The first kappa shape index (κ1) is 20.3. The number of nitro groups is 1. The molecule has 0 fully saturated rings.